The Morgan fingerprint density at radius 3 is 2.43 bits per heavy atom. The van der Waals surface area contributed by atoms with E-state index in [2.05, 4.69) is 6.92 Å². The van der Waals surface area contributed by atoms with Crippen molar-refractivity contribution in [2.24, 2.45) is 0 Å². The van der Waals surface area contributed by atoms with E-state index in [9.17, 15) is 5.11 Å². The maximum Gasteiger partial charge on any atom is 0.125 e. The summed E-state index contributed by atoms with van der Waals surface area (Å²) in [7, 11) is 0. The molecule has 2 aromatic rings. The van der Waals surface area contributed by atoms with E-state index in [0.29, 0.717) is 18.1 Å². The lowest BCUT2D eigenvalue weighted by molar-refractivity contribution is 0.0542. The first kappa shape index (κ1) is 15.9. The molecule has 1 atom stereocenters. The highest BCUT2D eigenvalue weighted by atomic mass is 35.5. The van der Waals surface area contributed by atoms with Gasteiger partial charge in [-0.3, -0.25) is 0 Å². The molecule has 0 fully saturated rings. The van der Waals surface area contributed by atoms with E-state index in [1.165, 1.54) is 0 Å². The minimum Gasteiger partial charge on any atom is -0.493 e. The third-order valence-electron chi connectivity index (χ3n) is 3.39. The molecule has 0 radical (unpaired) electrons. The Morgan fingerprint density at radius 1 is 1.10 bits per heavy atom. The number of hydrogen-bond acceptors (Lipinski definition) is 2. The minimum absolute atomic E-state index is 0.511. The van der Waals surface area contributed by atoms with Crippen LogP contribution in [0.4, 0.5) is 0 Å². The number of para-hydroxylation sites is 1. The largest absolute Gasteiger partial charge is 0.493 e. The smallest absolute Gasteiger partial charge is 0.125 e. The maximum absolute atomic E-state index is 10.9. The first-order valence-electron chi connectivity index (χ1n) is 7.22. The maximum atomic E-state index is 10.9. The van der Waals surface area contributed by atoms with Gasteiger partial charge < -0.3 is 9.84 Å². The van der Waals surface area contributed by atoms with Crippen LogP contribution in [-0.2, 0) is 12.0 Å². The number of rotatable bonds is 6. The van der Waals surface area contributed by atoms with Crippen LogP contribution in [0.1, 0.15) is 31.4 Å². The lowest BCUT2D eigenvalue weighted by Crippen LogP contribution is -2.25. The summed E-state index contributed by atoms with van der Waals surface area (Å²) in [6.45, 7) is 4.53. The van der Waals surface area contributed by atoms with E-state index in [4.69, 9.17) is 16.3 Å². The van der Waals surface area contributed by atoms with Gasteiger partial charge in [-0.25, -0.2) is 0 Å². The molecular formula is C18H21ClO2. The number of hydrogen-bond donors (Lipinski definition) is 1. The zero-order valence-electron chi connectivity index (χ0n) is 12.5. The van der Waals surface area contributed by atoms with Crippen LogP contribution in [0, 0.1) is 0 Å². The van der Waals surface area contributed by atoms with E-state index in [0.717, 1.165) is 23.3 Å². The van der Waals surface area contributed by atoms with Crippen molar-refractivity contribution in [3.63, 3.8) is 0 Å². The van der Waals surface area contributed by atoms with E-state index in [1.54, 1.807) is 0 Å². The highest BCUT2D eigenvalue weighted by molar-refractivity contribution is 6.30. The van der Waals surface area contributed by atoms with Gasteiger partial charge >= 0.3 is 0 Å². The first-order valence-corrected chi connectivity index (χ1v) is 7.60. The molecule has 0 aliphatic rings. The molecule has 0 spiro atoms. The molecule has 0 heterocycles. The average molecular weight is 305 g/mol. The molecule has 21 heavy (non-hydrogen) atoms. The fourth-order valence-electron chi connectivity index (χ4n) is 2.34. The fraction of sp³-hybridized carbons (Fsp3) is 0.333. The zero-order chi connectivity index (χ0) is 15.3. The molecule has 112 valence electrons. The molecular weight excluding hydrogens is 284 g/mol. The van der Waals surface area contributed by atoms with Crippen molar-refractivity contribution in [1.29, 1.82) is 0 Å². The van der Waals surface area contributed by atoms with Crippen molar-refractivity contribution >= 4 is 11.6 Å². The van der Waals surface area contributed by atoms with Gasteiger partial charge in [-0.1, -0.05) is 48.9 Å². The zero-order valence-corrected chi connectivity index (χ0v) is 13.2. The molecule has 0 saturated carbocycles. The summed E-state index contributed by atoms with van der Waals surface area (Å²) in [5.41, 5.74) is 0.862. The first-order chi connectivity index (χ1) is 10.0. The van der Waals surface area contributed by atoms with Gasteiger partial charge in [-0.2, -0.15) is 0 Å². The summed E-state index contributed by atoms with van der Waals surface area (Å²) < 4.78 is 5.75. The van der Waals surface area contributed by atoms with E-state index in [-0.39, 0.29) is 0 Å². The Hall–Kier alpha value is -1.51. The molecule has 2 rings (SSSR count). The summed E-state index contributed by atoms with van der Waals surface area (Å²) in [6, 6.07) is 15.2. The van der Waals surface area contributed by atoms with Crippen LogP contribution < -0.4 is 4.74 Å². The fourth-order valence-corrected chi connectivity index (χ4v) is 2.47. The van der Waals surface area contributed by atoms with Crippen LogP contribution in [-0.4, -0.2) is 11.7 Å². The predicted molar refractivity (Wildman–Crippen MR) is 87.0 cm³/mol. The van der Waals surface area contributed by atoms with Crippen molar-refractivity contribution in [2.45, 2.75) is 32.3 Å². The Morgan fingerprint density at radius 2 is 1.76 bits per heavy atom. The van der Waals surface area contributed by atoms with Gasteiger partial charge in [-0.05, 0) is 37.1 Å². The summed E-state index contributed by atoms with van der Waals surface area (Å²) in [5, 5.41) is 11.6. The third-order valence-corrected chi connectivity index (χ3v) is 3.64. The Balaban J connectivity index is 2.24. The van der Waals surface area contributed by atoms with Gasteiger partial charge in [0, 0.05) is 17.0 Å². The summed E-state index contributed by atoms with van der Waals surface area (Å²) >= 11 is 5.90. The van der Waals surface area contributed by atoms with Gasteiger partial charge in [0.25, 0.3) is 0 Å². The molecule has 0 aliphatic carbocycles. The van der Waals surface area contributed by atoms with Crippen molar-refractivity contribution in [3.05, 3.63) is 64.7 Å². The third kappa shape index (κ3) is 4.23. The normalized spacial score (nSPS) is 13.7. The Kier molecular flexibility index (Phi) is 5.27. The number of halogens is 1. The molecule has 1 unspecified atom stereocenters. The standard InChI is InChI=1S/C18H21ClO2/c1-3-12-21-17-7-5-4-6-16(17)18(2,20)13-14-8-10-15(19)11-9-14/h4-11,20H,3,12-13H2,1-2H3. The Labute approximate surface area is 131 Å². The molecule has 0 amide bonds. The summed E-state index contributed by atoms with van der Waals surface area (Å²) in [4.78, 5) is 0. The number of ether oxygens (including phenoxy) is 1. The topological polar surface area (TPSA) is 29.5 Å². The van der Waals surface area contributed by atoms with E-state index >= 15 is 0 Å². The van der Waals surface area contributed by atoms with Crippen LogP contribution in [0.15, 0.2) is 48.5 Å². The quantitative estimate of drug-likeness (QED) is 0.846. The Bertz CT molecular complexity index is 576. The molecule has 0 saturated heterocycles. The highest BCUT2D eigenvalue weighted by Gasteiger charge is 2.27. The second-order valence-corrected chi connectivity index (χ2v) is 5.86. The number of benzene rings is 2. The molecule has 0 bridgehead atoms. The van der Waals surface area contributed by atoms with Crippen LogP contribution in [0.25, 0.3) is 0 Å². The van der Waals surface area contributed by atoms with Crippen molar-refractivity contribution in [2.75, 3.05) is 6.61 Å². The summed E-state index contributed by atoms with van der Waals surface area (Å²) in [6.07, 6.45) is 1.45. The van der Waals surface area contributed by atoms with E-state index < -0.39 is 5.60 Å². The van der Waals surface area contributed by atoms with Crippen molar-refractivity contribution in [1.82, 2.24) is 0 Å². The SMILES string of the molecule is CCCOc1ccccc1C(C)(O)Cc1ccc(Cl)cc1. The highest BCUT2D eigenvalue weighted by Crippen LogP contribution is 2.33. The molecule has 1 N–H and O–H groups in total. The van der Waals surface area contributed by atoms with Gasteiger partial charge in [0.15, 0.2) is 0 Å². The molecule has 3 heteroatoms. The second-order valence-electron chi connectivity index (χ2n) is 5.42. The summed E-state index contributed by atoms with van der Waals surface area (Å²) in [5.74, 6) is 0.748. The monoisotopic (exact) mass is 304 g/mol. The molecule has 2 aromatic carbocycles. The average Bonchev–Trinajstić information content (AvgIpc) is 2.47. The lowest BCUT2D eigenvalue weighted by Gasteiger charge is -2.26. The lowest BCUT2D eigenvalue weighted by atomic mass is 9.88. The van der Waals surface area contributed by atoms with Gasteiger partial charge in [0.1, 0.15) is 5.75 Å². The molecule has 2 nitrogen and oxygen atoms in total. The van der Waals surface area contributed by atoms with Crippen LogP contribution in [0.2, 0.25) is 5.02 Å². The van der Waals surface area contributed by atoms with Crippen molar-refractivity contribution < 1.29 is 9.84 Å². The van der Waals surface area contributed by atoms with Gasteiger partial charge in [0.2, 0.25) is 0 Å². The van der Waals surface area contributed by atoms with Gasteiger partial charge in [-0.15, -0.1) is 0 Å². The van der Waals surface area contributed by atoms with Gasteiger partial charge in [0.05, 0.1) is 12.2 Å². The second kappa shape index (κ2) is 6.97. The minimum atomic E-state index is -0.988. The number of aliphatic hydroxyl groups is 1. The van der Waals surface area contributed by atoms with E-state index in [1.807, 2.05) is 55.5 Å². The predicted octanol–water partition coefficient (Wildman–Crippen LogP) is 4.58. The van der Waals surface area contributed by atoms with Crippen LogP contribution in [0.3, 0.4) is 0 Å². The molecule has 0 aliphatic heterocycles. The van der Waals surface area contributed by atoms with Crippen LogP contribution in [0.5, 0.6) is 5.75 Å². The van der Waals surface area contributed by atoms with Crippen LogP contribution >= 0.6 is 11.6 Å². The van der Waals surface area contributed by atoms with Crippen molar-refractivity contribution in [3.8, 4) is 5.75 Å². The molecule has 0 aromatic heterocycles.